The fourth-order valence-electron chi connectivity index (χ4n) is 2.97. The first-order valence-corrected chi connectivity index (χ1v) is 8.11. The van der Waals surface area contributed by atoms with Crippen LogP contribution in [0, 0.1) is 0 Å². The summed E-state index contributed by atoms with van der Waals surface area (Å²) in [4.78, 5) is 16.2. The van der Waals surface area contributed by atoms with Gasteiger partial charge in [-0.15, -0.1) is 5.10 Å². The second-order valence-corrected chi connectivity index (χ2v) is 5.89. The number of rotatable bonds is 5. The van der Waals surface area contributed by atoms with Gasteiger partial charge in [-0.2, -0.15) is 0 Å². The molecule has 1 aliphatic heterocycles. The van der Waals surface area contributed by atoms with Crippen molar-refractivity contribution in [3.8, 4) is 11.6 Å². The van der Waals surface area contributed by atoms with E-state index in [2.05, 4.69) is 27.5 Å². The fourth-order valence-corrected chi connectivity index (χ4v) is 2.97. The van der Waals surface area contributed by atoms with Crippen molar-refractivity contribution in [3.63, 3.8) is 0 Å². The topological polar surface area (TPSA) is 73.0 Å². The van der Waals surface area contributed by atoms with E-state index >= 15 is 0 Å². The highest BCUT2D eigenvalue weighted by Crippen LogP contribution is 2.25. The second kappa shape index (κ2) is 6.31. The van der Waals surface area contributed by atoms with Crippen molar-refractivity contribution in [1.29, 1.82) is 0 Å². The van der Waals surface area contributed by atoms with Crippen molar-refractivity contribution in [3.05, 3.63) is 60.1 Å². The summed E-state index contributed by atoms with van der Waals surface area (Å²) in [6, 6.07) is 13.8. The molecule has 0 spiro atoms. The van der Waals surface area contributed by atoms with E-state index in [1.54, 1.807) is 6.26 Å². The summed E-state index contributed by atoms with van der Waals surface area (Å²) < 4.78 is 7.30. The predicted octanol–water partition coefficient (Wildman–Crippen LogP) is 2.73. The van der Waals surface area contributed by atoms with Crippen LogP contribution in [0.3, 0.4) is 0 Å². The van der Waals surface area contributed by atoms with Gasteiger partial charge in [-0.25, -0.2) is 9.67 Å². The molecule has 0 aliphatic carbocycles. The summed E-state index contributed by atoms with van der Waals surface area (Å²) in [7, 11) is 0. The molecule has 1 aromatic carbocycles. The Morgan fingerprint density at radius 2 is 2.08 bits per heavy atom. The molecule has 0 bridgehead atoms. The standard InChI is InChI=1S/C18H18N4O2/c23-16-9-8-14(19-16)18-20-17(15-7-4-12-24-15)21-22(18)11-10-13-5-2-1-3-6-13/h1-7,12,14H,8-11H2,(H,19,23). The maximum absolute atomic E-state index is 11.6. The van der Waals surface area contributed by atoms with Gasteiger partial charge in [-0.05, 0) is 30.5 Å². The van der Waals surface area contributed by atoms with Gasteiger partial charge in [-0.3, -0.25) is 4.79 Å². The van der Waals surface area contributed by atoms with Gasteiger partial charge in [0.2, 0.25) is 11.7 Å². The molecule has 2 aromatic heterocycles. The molecule has 122 valence electrons. The van der Waals surface area contributed by atoms with Crippen molar-refractivity contribution < 1.29 is 9.21 Å². The molecule has 0 radical (unpaired) electrons. The minimum absolute atomic E-state index is 0.0668. The maximum Gasteiger partial charge on any atom is 0.220 e. The molecule has 0 saturated carbocycles. The van der Waals surface area contributed by atoms with Gasteiger partial charge in [0, 0.05) is 13.0 Å². The van der Waals surface area contributed by atoms with Gasteiger partial charge in [0.1, 0.15) is 5.82 Å². The number of aromatic nitrogens is 3. The van der Waals surface area contributed by atoms with E-state index in [1.165, 1.54) is 5.56 Å². The SMILES string of the molecule is O=C1CCC(c2nc(-c3ccco3)nn2CCc2ccccc2)N1. The van der Waals surface area contributed by atoms with Crippen molar-refractivity contribution in [2.24, 2.45) is 0 Å². The molecule has 24 heavy (non-hydrogen) atoms. The Hall–Kier alpha value is -2.89. The molecule has 1 N–H and O–H groups in total. The highest BCUT2D eigenvalue weighted by atomic mass is 16.3. The highest BCUT2D eigenvalue weighted by molar-refractivity contribution is 5.78. The first-order chi connectivity index (χ1) is 11.8. The molecule has 1 saturated heterocycles. The van der Waals surface area contributed by atoms with Crippen LogP contribution in [0.2, 0.25) is 0 Å². The third kappa shape index (κ3) is 2.95. The van der Waals surface area contributed by atoms with Crippen molar-refractivity contribution >= 4 is 5.91 Å². The molecule has 1 unspecified atom stereocenters. The third-order valence-corrected chi connectivity index (χ3v) is 4.20. The van der Waals surface area contributed by atoms with Gasteiger partial charge < -0.3 is 9.73 Å². The summed E-state index contributed by atoms with van der Waals surface area (Å²) in [5, 5.41) is 7.57. The Labute approximate surface area is 139 Å². The number of hydrogen-bond donors (Lipinski definition) is 1. The van der Waals surface area contributed by atoms with E-state index in [4.69, 9.17) is 4.42 Å². The maximum atomic E-state index is 11.6. The first kappa shape index (κ1) is 14.7. The zero-order valence-corrected chi connectivity index (χ0v) is 13.2. The lowest BCUT2D eigenvalue weighted by atomic mass is 10.1. The van der Waals surface area contributed by atoms with E-state index < -0.39 is 0 Å². The molecule has 1 amide bonds. The van der Waals surface area contributed by atoms with Gasteiger partial charge in [0.15, 0.2) is 5.76 Å². The Balaban J connectivity index is 1.61. The predicted molar refractivity (Wildman–Crippen MR) is 88.0 cm³/mol. The monoisotopic (exact) mass is 322 g/mol. The second-order valence-electron chi connectivity index (χ2n) is 5.89. The van der Waals surface area contributed by atoms with Gasteiger partial charge in [-0.1, -0.05) is 30.3 Å². The van der Waals surface area contributed by atoms with Crippen LogP contribution >= 0.6 is 0 Å². The molecule has 3 aromatic rings. The lowest BCUT2D eigenvalue weighted by Crippen LogP contribution is -2.22. The van der Waals surface area contributed by atoms with Crippen LogP contribution in [-0.2, 0) is 17.8 Å². The summed E-state index contributed by atoms with van der Waals surface area (Å²) >= 11 is 0. The molecule has 6 nitrogen and oxygen atoms in total. The van der Waals surface area contributed by atoms with E-state index in [1.807, 2.05) is 35.0 Å². The number of carbonyl (C=O) groups is 1. The van der Waals surface area contributed by atoms with Crippen molar-refractivity contribution in [2.75, 3.05) is 0 Å². The lowest BCUT2D eigenvalue weighted by Gasteiger charge is -2.11. The zero-order chi connectivity index (χ0) is 16.4. The first-order valence-electron chi connectivity index (χ1n) is 8.11. The summed E-state index contributed by atoms with van der Waals surface area (Å²) in [5.74, 6) is 2.06. The summed E-state index contributed by atoms with van der Waals surface area (Å²) in [5.41, 5.74) is 1.24. The molecule has 4 rings (SSSR count). The van der Waals surface area contributed by atoms with Gasteiger partial charge >= 0.3 is 0 Å². The van der Waals surface area contributed by atoms with Crippen LogP contribution in [0.5, 0.6) is 0 Å². The normalized spacial score (nSPS) is 17.2. The molecule has 3 heterocycles. The van der Waals surface area contributed by atoms with E-state index in [0.29, 0.717) is 24.6 Å². The quantitative estimate of drug-likeness (QED) is 0.784. The number of nitrogens with zero attached hydrogens (tertiary/aromatic N) is 3. The van der Waals surface area contributed by atoms with Crippen LogP contribution in [-0.4, -0.2) is 20.7 Å². The van der Waals surface area contributed by atoms with Crippen LogP contribution in [0.1, 0.15) is 30.3 Å². The van der Waals surface area contributed by atoms with E-state index in [0.717, 1.165) is 18.7 Å². The number of furan rings is 1. The van der Waals surface area contributed by atoms with Crippen molar-refractivity contribution in [2.45, 2.75) is 31.8 Å². The number of benzene rings is 1. The van der Waals surface area contributed by atoms with Crippen molar-refractivity contribution in [1.82, 2.24) is 20.1 Å². The Kier molecular flexibility index (Phi) is 3.86. The molecule has 1 aliphatic rings. The number of aryl methyl sites for hydroxylation is 2. The minimum atomic E-state index is -0.0792. The average molecular weight is 322 g/mol. The van der Waals surface area contributed by atoms with E-state index in [9.17, 15) is 4.79 Å². The smallest absolute Gasteiger partial charge is 0.220 e. The number of amides is 1. The largest absolute Gasteiger partial charge is 0.461 e. The van der Waals surface area contributed by atoms with Crippen LogP contribution in [0.4, 0.5) is 0 Å². The zero-order valence-electron chi connectivity index (χ0n) is 13.2. The Morgan fingerprint density at radius 1 is 1.21 bits per heavy atom. The summed E-state index contributed by atoms with van der Waals surface area (Å²) in [6.45, 7) is 0.708. The van der Waals surface area contributed by atoms with Gasteiger partial charge in [0.25, 0.3) is 0 Å². The number of carbonyl (C=O) groups excluding carboxylic acids is 1. The number of hydrogen-bond acceptors (Lipinski definition) is 4. The van der Waals surface area contributed by atoms with Crippen LogP contribution in [0.25, 0.3) is 11.6 Å². The lowest BCUT2D eigenvalue weighted by molar-refractivity contribution is -0.119. The number of nitrogens with one attached hydrogen (secondary N) is 1. The van der Waals surface area contributed by atoms with E-state index in [-0.39, 0.29) is 11.9 Å². The molecule has 1 atom stereocenters. The highest BCUT2D eigenvalue weighted by Gasteiger charge is 2.28. The Bertz CT molecular complexity index is 824. The molecular weight excluding hydrogens is 304 g/mol. The molecule has 6 heteroatoms. The molecule has 1 fully saturated rings. The average Bonchev–Trinajstić information content (AvgIpc) is 3.34. The minimum Gasteiger partial charge on any atom is -0.461 e. The Morgan fingerprint density at radius 3 is 2.79 bits per heavy atom. The summed E-state index contributed by atoms with van der Waals surface area (Å²) in [6.07, 6.45) is 3.75. The van der Waals surface area contributed by atoms with Gasteiger partial charge in [0.05, 0.1) is 12.3 Å². The fraction of sp³-hybridized carbons (Fsp3) is 0.278. The van der Waals surface area contributed by atoms with Crippen LogP contribution in [0.15, 0.2) is 53.1 Å². The third-order valence-electron chi connectivity index (χ3n) is 4.20. The van der Waals surface area contributed by atoms with Crippen LogP contribution < -0.4 is 5.32 Å². The molecular formula is C18H18N4O2.